The number of phenolic OH excluding ortho intramolecular Hbond substituents is 2. The minimum atomic E-state index is -1.90. The SMILES string of the molecule is COc1ccc(C2CC(=O)c3c(O)cc(OC4OC(C(=O)O)C(O)C(O)C4O)cc3O2)cc1O. The minimum Gasteiger partial charge on any atom is -0.507 e. The minimum absolute atomic E-state index is 0.0628. The summed E-state index contributed by atoms with van der Waals surface area (Å²) >= 11 is 0. The van der Waals surface area contributed by atoms with Gasteiger partial charge in [-0.1, -0.05) is 6.07 Å². The zero-order valence-corrected chi connectivity index (χ0v) is 17.7. The Kier molecular flexibility index (Phi) is 6.23. The average Bonchev–Trinajstić information content (AvgIpc) is 2.78. The number of carbonyl (C=O) groups excluding carboxylic acids is 1. The van der Waals surface area contributed by atoms with E-state index in [9.17, 15) is 35.1 Å². The lowest BCUT2D eigenvalue weighted by Crippen LogP contribution is -2.61. The Morgan fingerprint density at radius 2 is 1.76 bits per heavy atom. The summed E-state index contributed by atoms with van der Waals surface area (Å²) in [6.07, 6.45) is -10.1. The number of ketones is 1. The first-order chi connectivity index (χ1) is 16.1. The van der Waals surface area contributed by atoms with Gasteiger partial charge in [-0.05, 0) is 17.7 Å². The average molecular weight is 478 g/mol. The number of rotatable bonds is 5. The largest absolute Gasteiger partial charge is 0.507 e. The van der Waals surface area contributed by atoms with Crippen LogP contribution in [0.3, 0.4) is 0 Å². The summed E-state index contributed by atoms with van der Waals surface area (Å²) in [7, 11) is 1.39. The summed E-state index contributed by atoms with van der Waals surface area (Å²) in [6.45, 7) is 0. The Bertz CT molecular complexity index is 1120. The van der Waals surface area contributed by atoms with Gasteiger partial charge in [0.05, 0.1) is 13.5 Å². The van der Waals surface area contributed by atoms with Crippen LogP contribution in [0.1, 0.15) is 28.4 Å². The van der Waals surface area contributed by atoms with Crippen LogP contribution in [0, 0.1) is 0 Å². The lowest BCUT2D eigenvalue weighted by atomic mass is 9.95. The number of aliphatic carboxylic acids is 1. The number of carboxylic acid groups (broad SMARTS) is 1. The van der Waals surface area contributed by atoms with Crippen molar-refractivity contribution in [3.63, 3.8) is 0 Å². The van der Waals surface area contributed by atoms with Crippen molar-refractivity contribution in [2.24, 2.45) is 0 Å². The molecule has 0 amide bonds. The van der Waals surface area contributed by atoms with Gasteiger partial charge in [-0.15, -0.1) is 0 Å². The molecule has 2 aliphatic heterocycles. The number of ether oxygens (including phenoxy) is 4. The van der Waals surface area contributed by atoms with E-state index in [0.29, 0.717) is 5.56 Å². The summed E-state index contributed by atoms with van der Waals surface area (Å²) in [4.78, 5) is 24.0. The van der Waals surface area contributed by atoms with Crippen molar-refractivity contribution >= 4 is 11.8 Å². The van der Waals surface area contributed by atoms with Crippen LogP contribution in [-0.2, 0) is 9.53 Å². The number of carbonyl (C=O) groups is 2. The Morgan fingerprint density at radius 3 is 2.41 bits per heavy atom. The third kappa shape index (κ3) is 4.19. The number of phenols is 2. The van der Waals surface area contributed by atoms with E-state index in [1.165, 1.54) is 25.3 Å². The normalized spacial score (nSPS) is 28.5. The van der Waals surface area contributed by atoms with Gasteiger partial charge in [0.1, 0.15) is 47.2 Å². The van der Waals surface area contributed by atoms with Gasteiger partial charge in [-0.3, -0.25) is 4.79 Å². The van der Waals surface area contributed by atoms with E-state index >= 15 is 0 Å². The summed E-state index contributed by atoms with van der Waals surface area (Å²) in [5, 5.41) is 59.5. The highest BCUT2D eigenvalue weighted by Crippen LogP contribution is 2.43. The van der Waals surface area contributed by atoms with E-state index in [2.05, 4.69) is 0 Å². The zero-order valence-electron chi connectivity index (χ0n) is 17.7. The number of hydrogen-bond acceptors (Lipinski definition) is 11. The van der Waals surface area contributed by atoms with Gasteiger partial charge in [0.2, 0.25) is 6.29 Å². The van der Waals surface area contributed by atoms with E-state index in [1.54, 1.807) is 6.07 Å². The molecule has 0 spiro atoms. The Hall–Kier alpha value is -3.58. The van der Waals surface area contributed by atoms with Crippen LogP contribution >= 0.6 is 0 Å². The maximum Gasteiger partial charge on any atom is 0.335 e. The lowest BCUT2D eigenvalue weighted by molar-refractivity contribution is -0.271. The highest BCUT2D eigenvalue weighted by molar-refractivity contribution is 6.02. The zero-order chi connectivity index (χ0) is 24.7. The van der Waals surface area contributed by atoms with Gasteiger partial charge in [0.25, 0.3) is 0 Å². The van der Waals surface area contributed by atoms with Gasteiger partial charge in [-0.25, -0.2) is 4.79 Å². The first-order valence-electron chi connectivity index (χ1n) is 10.1. The number of benzene rings is 2. The first kappa shape index (κ1) is 23.6. The second-order valence-electron chi connectivity index (χ2n) is 7.83. The number of methoxy groups -OCH3 is 1. The molecule has 6 unspecified atom stereocenters. The fourth-order valence-corrected chi connectivity index (χ4v) is 3.86. The molecule has 1 fully saturated rings. The van der Waals surface area contributed by atoms with Crippen LogP contribution in [0.5, 0.6) is 28.7 Å². The van der Waals surface area contributed by atoms with Crippen molar-refractivity contribution in [2.45, 2.75) is 43.2 Å². The molecule has 6 N–H and O–H groups in total. The molecule has 4 rings (SSSR count). The molecule has 0 radical (unpaired) electrons. The molecule has 34 heavy (non-hydrogen) atoms. The van der Waals surface area contributed by atoms with Crippen molar-refractivity contribution < 1.29 is 59.2 Å². The molecular formula is C22H22O12. The van der Waals surface area contributed by atoms with Gasteiger partial charge in [0.15, 0.2) is 23.4 Å². The number of fused-ring (bicyclic) bond motifs is 1. The fourth-order valence-electron chi connectivity index (χ4n) is 3.86. The van der Waals surface area contributed by atoms with E-state index in [1.807, 2.05) is 0 Å². The smallest absolute Gasteiger partial charge is 0.335 e. The van der Waals surface area contributed by atoms with E-state index in [0.717, 1.165) is 6.07 Å². The van der Waals surface area contributed by atoms with Gasteiger partial charge < -0.3 is 49.6 Å². The van der Waals surface area contributed by atoms with E-state index in [-0.39, 0.29) is 35.0 Å². The third-order valence-electron chi connectivity index (χ3n) is 5.61. The molecule has 0 aliphatic carbocycles. The van der Waals surface area contributed by atoms with Crippen molar-refractivity contribution in [3.8, 4) is 28.7 Å². The fraction of sp³-hybridized carbons (Fsp3) is 0.364. The maximum absolute atomic E-state index is 12.7. The van der Waals surface area contributed by atoms with Crippen LogP contribution in [0.4, 0.5) is 0 Å². The summed E-state index contributed by atoms with van der Waals surface area (Å²) in [5.41, 5.74) is 0.362. The van der Waals surface area contributed by atoms with Crippen LogP contribution < -0.4 is 14.2 Å². The Labute approximate surface area is 192 Å². The van der Waals surface area contributed by atoms with E-state index in [4.69, 9.17) is 24.1 Å². The van der Waals surface area contributed by atoms with E-state index < -0.39 is 54.3 Å². The highest BCUT2D eigenvalue weighted by Gasteiger charge is 2.48. The quantitative estimate of drug-likeness (QED) is 0.340. The predicted octanol–water partition coefficient (Wildman–Crippen LogP) is 0.0839. The van der Waals surface area contributed by atoms with Crippen LogP contribution in [0.2, 0.25) is 0 Å². The van der Waals surface area contributed by atoms with Crippen LogP contribution in [0.15, 0.2) is 30.3 Å². The predicted molar refractivity (Wildman–Crippen MR) is 110 cm³/mol. The molecule has 0 bridgehead atoms. The summed E-state index contributed by atoms with van der Waals surface area (Å²) < 4.78 is 21.3. The molecule has 2 aromatic carbocycles. The molecule has 0 aromatic heterocycles. The molecule has 12 nitrogen and oxygen atoms in total. The number of carboxylic acids is 1. The lowest BCUT2D eigenvalue weighted by Gasteiger charge is -2.38. The number of hydrogen-bond donors (Lipinski definition) is 6. The van der Waals surface area contributed by atoms with Crippen LogP contribution in [-0.4, -0.2) is 80.2 Å². The van der Waals surface area contributed by atoms with Crippen molar-refractivity contribution in [3.05, 3.63) is 41.5 Å². The number of aromatic hydroxyl groups is 2. The third-order valence-corrected chi connectivity index (χ3v) is 5.61. The molecule has 12 heteroatoms. The molecule has 1 saturated heterocycles. The Morgan fingerprint density at radius 1 is 1.03 bits per heavy atom. The number of aliphatic hydroxyl groups excluding tert-OH is 3. The van der Waals surface area contributed by atoms with Gasteiger partial charge >= 0.3 is 5.97 Å². The van der Waals surface area contributed by atoms with Gasteiger partial charge in [-0.2, -0.15) is 0 Å². The van der Waals surface area contributed by atoms with Crippen LogP contribution in [0.25, 0.3) is 0 Å². The molecular weight excluding hydrogens is 456 g/mol. The molecule has 0 saturated carbocycles. The standard InChI is InChI=1S/C22H22O12/c1-31-13-3-2-8(4-10(13)23)14-7-12(25)16-11(24)5-9(6-15(16)33-14)32-22-19(28)17(26)18(27)20(34-22)21(29)30/h2-6,14,17-20,22-24,26-28H,7H2,1H3,(H,29,30). The van der Waals surface area contributed by atoms with Crippen molar-refractivity contribution in [1.29, 1.82) is 0 Å². The Balaban J connectivity index is 1.60. The second kappa shape index (κ2) is 8.99. The van der Waals surface area contributed by atoms with Crippen molar-refractivity contribution in [2.75, 3.05) is 7.11 Å². The first-order valence-corrected chi connectivity index (χ1v) is 10.1. The maximum atomic E-state index is 12.7. The topological polar surface area (TPSA) is 192 Å². The molecule has 2 aliphatic rings. The van der Waals surface area contributed by atoms with Crippen molar-refractivity contribution in [1.82, 2.24) is 0 Å². The highest BCUT2D eigenvalue weighted by atomic mass is 16.7. The molecule has 182 valence electrons. The monoisotopic (exact) mass is 478 g/mol. The number of aliphatic hydroxyl groups is 3. The summed E-state index contributed by atoms with van der Waals surface area (Å²) in [6, 6.07) is 6.76. The molecule has 6 atom stereocenters. The molecule has 2 heterocycles. The summed E-state index contributed by atoms with van der Waals surface area (Å²) in [5.74, 6) is -2.67. The second-order valence-corrected chi connectivity index (χ2v) is 7.83. The molecule has 2 aromatic rings. The van der Waals surface area contributed by atoms with Gasteiger partial charge in [0, 0.05) is 12.1 Å². The number of Topliss-reactive ketones (excluding diaryl/α,β-unsaturated/α-hetero) is 1.